The summed E-state index contributed by atoms with van der Waals surface area (Å²) in [5.74, 6) is 2.68. The van der Waals surface area contributed by atoms with E-state index in [2.05, 4.69) is 45.4 Å². The average Bonchev–Trinajstić information content (AvgIpc) is 3.49. The van der Waals surface area contributed by atoms with Crippen LogP contribution in [0.3, 0.4) is 0 Å². The Hall–Kier alpha value is -2.32. The van der Waals surface area contributed by atoms with E-state index in [1.165, 1.54) is 49.1 Å². The molecule has 3 heterocycles. The highest BCUT2D eigenvalue weighted by Gasteiger charge is 2.52. The first-order valence-electron chi connectivity index (χ1n) is 15.3. The van der Waals surface area contributed by atoms with Gasteiger partial charge in [-0.15, -0.1) is 24.8 Å². The van der Waals surface area contributed by atoms with E-state index in [1.807, 2.05) is 24.3 Å². The van der Waals surface area contributed by atoms with Crippen molar-refractivity contribution in [1.82, 2.24) is 20.0 Å². The van der Waals surface area contributed by atoms with Crippen molar-refractivity contribution in [3.8, 4) is 5.75 Å². The molecule has 0 radical (unpaired) electrons. The maximum atomic E-state index is 13.5. The second-order valence-electron chi connectivity index (χ2n) is 12.6. The first-order valence-corrected chi connectivity index (χ1v) is 15.3. The highest BCUT2D eigenvalue weighted by Crippen LogP contribution is 2.37. The van der Waals surface area contributed by atoms with Gasteiger partial charge in [0.05, 0.1) is 13.7 Å². The van der Waals surface area contributed by atoms with E-state index in [0.717, 1.165) is 50.0 Å². The Kier molecular flexibility index (Phi) is 11.2. The number of ether oxygens (including phenoxy) is 1. The SMILES string of the molecule is COc1ccc(CN2C(=O)NC3(CCN(C[C@H]4CN(CC5CCCCC5)C[C@@H]4c4ccccc4)CC3)C2=O)cc1.Cl.Cl. The molecule has 2 atom stereocenters. The smallest absolute Gasteiger partial charge is 0.325 e. The number of nitrogens with zero attached hydrogens (tertiary/aromatic N) is 3. The number of hydrogen-bond donors (Lipinski definition) is 1. The molecule has 3 saturated heterocycles. The van der Waals surface area contributed by atoms with Crippen LogP contribution in [0.1, 0.15) is 62.0 Å². The summed E-state index contributed by atoms with van der Waals surface area (Å²) in [5.41, 5.74) is 1.62. The van der Waals surface area contributed by atoms with Gasteiger partial charge in [0.2, 0.25) is 0 Å². The van der Waals surface area contributed by atoms with Gasteiger partial charge in [0.25, 0.3) is 5.91 Å². The fourth-order valence-corrected chi connectivity index (χ4v) is 7.63. The number of imide groups is 1. The Morgan fingerprint density at radius 3 is 2.21 bits per heavy atom. The summed E-state index contributed by atoms with van der Waals surface area (Å²) in [6.45, 7) is 6.56. The lowest BCUT2D eigenvalue weighted by molar-refractivity contribution is -0.133. The molecule has 7 nitrogen and oxygen atoms in total. The maximum Gasteiger partial charge on any atom is 0.325 e. The second kappa shape index (κ2) is 14.4. The molecular weight excluding hydrogens is 571 g/mol. The van der Waals surface area contributed by atoms with Crippen LogP contribution >= 0.6 is 24.8 Å². The minimum Gasteiger partial charge on any atom is -0.497 e. The zero-order valence-electron chi connectivity index (χ0n) is 24.7. The number of nitrogens with one attached hydrogen (secondary N) is 1. The largest absolute Gasteiger partial charge is 0.497 e. The molecule has 2 aromatic rings. The van der Waals surface area contributed by atoms with Crippen molar-refractivity contribution in [2.45, 2.75) is 62.9 Å². The Bertz CT molecular complexity index is 1170. The van der Waals surface area contributed by atoms with E-state index in [0.29, 0.717) is 24.7 Å². The number of benzene rings is 2. The Morgan fingerprint density at radius 1 is 0.857 bits per heavy atom. The summed E-state index contributed by atoms with van der Waals surface area (Å²) in [7, 11) is 1.63. The molecule has 4 fully saturated rings. The number of halogens is 2. The summed E-state index contributed by atoms with van der Waals surface area (Å²) < 4.78 is 5.23. The number of carbonyl (C=O) groups excluding carboxylic acids is 2. The topological polar surface area (TPSA) is 65.1 Å². The normalized spacial score (nSPS) is 24.7. The van der Waals surface area contributed by atoms with Crippen molar-refractivity contribution >= 4 is 36.8 Å². The van der Waals surface area contributed by atoms with E-state index >= 15 is 0 Å². The van der Waals surface area contributed by atoms with Crippen molar-refractivity contribution in [3.63, 3.8) is 0 Å². The molecule has 1 spiro atoms. The first kappa shape index (κ1) is 32.6. The van der Waals surface area contributed by atoms with Gasteiger partial charge in [-0.25, -0.2) is 4.79 Å². The molecule has 4 aliphatic rings. The zero-order valence-corrected chi connectivity index (χ0v) is 26.3. The lowest BCUT2D eigenvalue weighted by Gasteiger charge is -2.39. The Labute approximate surface area is 263 Å². The van der Waals surface area contributed by atoms with Crippen molar-refractivity contribution in [2.24, 2.45) is 11.8 Å². The summed E-state index contributed by atoms with van der Waals surface area (Å²) in [6.07, 6.45) is 8.32. The van der Waals surface area contributed by atoms with Crippen molar-refractivity contribution in [1.29, 1.82) is 0 Å². The molecule has 9 heteroatoms. The summed E-state index contributed by atoms with van der Waals surface area (Å²) in [5, 5.41) is 3.09. The fourth-order valence-electron chi connectivity index (χ4n) is 7.63. The van der Waals surface area contributed by atoms with Gasteiger partial charge < -0.3 is 19.9 Å². The standard InChI is InChI=1S/C33H44N4O3.2ClH/c1-40-29-14-12-26(13-15-29)21-37-31(38)33(34-32(37)39)16-18-35(19-17-33)22-28-23-36(20-25-8-4-2-5-9-25)24-30(28)27-10-6-3-7-11-27;;/h3,6-7,10-15,25,28,30H,2,4-5,8-9,16-24H2,1H3,(H,34,39);2*1H/t28-,30+;;/m0../s1. The van der Waals surface area contributed by atoms with Gasteiger partial charge in [-0.1, -0.05) is 61.7 Å². The van der Waals surface area contributed by atoms with Crippen LogP contribution < -0.4 is 10.1 Å². The molecule has 6 rings (SSSR count). The van der Waals surface area contributed by atoms with Crippen molar-refractivity contribution in [2.75, 3.05) is 46.4 Å². The third-order valence-electron chi connectivity index (χ3n) is 9.93. The van der Waals surface area contributed by atoms with Crippen LogP contribution in [0.5, 0.6) is 5.75 Å². The molecular formula is C33H46Cl2N4O3. The van der Waals surface area contributed by atoms with Crippen LogP contribution in [0, 0.1) is 11.8 Å². The predicted molar refractivity (Wildman–Crippen MR) is 171 cm³/mol. The third kappa shape index (κ3) is 7.07. The van der Waals surface area contributed by atoms with Gasteiger partial charge in [-0.05, 0) is 60.8 Å². The number of piperidine rings is 1. The van der Waals surface area contributed by atoms with Gasteiger partial charge in [-0.2, -0.15) is 0 Å². The quantitative estimate of drug-likeness (QED) is 0.384. The maximum absolute atomic E-state index is 13.5. The van der Waals surface area contributed by atoms with Crippen LogP contribution in [0.25, 0.3) is 0 Å². The number of methoxy groups -OCH3 is 1. The lowest BCUT2D eigenvalue weighted by atomic mass is 9.85. The highest BCUT2D eigenvalue weighted by molar-refractivity contribution is 6.07. The molecule has 0 bridgehead atoms. The van der Waals surface area contributed by atoms with Gasteiger partial charge in [-0.3, -0.25) is 9.69 Å². The molecule has 42 heavy (non-hydrogen) atoms. The van der Waals surface area contributed by atoms with Gasteiger partial charge in [0, 0.05) is 45.2 Å². The molecule has 3 aliphatic heterocycles. The fraction of sp³-hybridized carbons (Fsp3) is 0.576. The molecule has 3 amide bonds. The van der Waals surface area contributed by atoms with Crippen LogP contribution in [0.2, 0.25) is 0 Å². The van der Waals surface area contributed by atoms with Crippen molar-refractivity contribution in [3.05, 3.63) is 65.7 Å². The molecule has 1 aliphatic carbocycles. The van der Waals surface area contributed by atoms with Crippen LogP contribution in [0.15, 0.2) is 54.6 Å². The average molecular weight is 618 g/mol. The lowest BCUT2D eigenvalue weighted by Crippen LogP contribution is -2.55. The molecule has 2 aromatic carbocycles. The number of rotatable bonds is 8. The van der Waals surface area contributed by atoms with Crippen LogP contribution in [-0.4, -0.2) is 78.6 Å². The second-order valence-corrected chi connectivity index (χ2v) is 12.6. The summed E-state index contributed by atoms with van der Waals surface area (Å²) in [4.78, 5) is 33.1. The van der Waals surface area contributed by atoms with Crippen LogP contribution in [0.4, 0.5) is 4.79 Å². The van der Waals surface area contributed by atoms with Gasteiger partial charge in [0.1, 0.15) is 11.3 Å². The summed E-state index contributed by atoms with van der Waals surface area (Å²) >= 11 is 0. The van der Waals surface area contributed by atoms with Crippen LogP contribution in [-0.2, 0) is 11.3 Å². The molecule has 0 unspecified atom stereocenters. The molecule has 0 aromatic heterocycles. The number of amides is 3. The number of carbonyl (C=O) groups is 2. The van der Waals surface area contributed by atoms with Crippen molar-refractivity contribution < 1.29 is 14.3 Å². The van der Waals surface area contributed by atoms with E-state index < -0.39 is 5.54 Å². The molecule has 1 saturated carbocycles. The third-order valence-corrected chi connectivity index (χ3v) is 9.93. The number of urea groups is 1. The van der Waals surface area contributed by atoms with E-state index in [9.17, 15) is 9.59 Å². The summed E-state index contributed by atoms with van der Waals surface area (Å²) in [6, 6.07) is 18.3. The zero-order chi connectivity index (χ0) is 27.5. The number of hydrogen-bond acceptors (Lipinski definition) is 5. The Morgan fingerprint density at radius 2 is 1.55 bits per heavy atom. The molecule has 1 N–H and O–H groups in total. The van der Waals surface area contributed by atoms with E-state index in [1.54, 1.807) is 7.11 Å². The van der Waals surface area contributed by atoms with Gasteiger partial charge >= 0.3 is 6.03 Å². The monoisotopic (exact) mass is 616 g/mol. The first-order chi connectivity index (χ1) is 19.5. The van der Waals surface area contributed by atoms with E-state index in [-0.39, 0.29) is 43.3 Å². The highest BCUT2D eigenvalue weighted by atomic mass is 35.5. The Balaban J connectivity index is 0.00000202. The predicted octanol–water partition coefficient (Wildman–Crippen LogP) is 5.72. The minimum atomic E-state index is -0.762. The minimum absolute atomic E-state index is 0. The van der Waals surface area contributed by atoms with E-state index in [4.69, 9.17) is 4.74 Å². The molecule has 230 valence electrons. The number of likely N-dealkylation sites (tertiary alicyclic amines) is 2. The van der Waals surface area contributed by atoms with Gasteiger partial charge in [0.15, 0.2) is 0 Å².